The minimum absolute atomic E-state index is 0.0615. The average Bonchev–Trinajstić information content (AvgIpc) is 3.52. The number of aromatic nitrogens is 4. The van der Waals surface area contributed by atoms with Gasteiger partial charge in [-0.3, -0.25) is 4.79 Å². The van der Waals surface area contributed by atoms with Crippen molar-refractivity contribution in [2.75, 3.05) is 19.7 Å². The van der Waals surface area contributed by atoms with Crippen LogP contribution in [0.4, 0.5) is 0 Å². The lowest BCUT2D eigenvalue weighted by molar-refractivity contribution is -0.0257. The molecule has 0 bridgehead atoms. The number of carbonyl (C=O) groups excluding carboxylic acids is 1. The van der Waals surface area contributed by atoms with E-state index in [-0.39, 0.29) is 12.0 Å². The van der Waals surface area contributed by atoms with Gasteiger partial charge in [0.15, 0.2) is 0 Å². The summed E-state index contributed by atoms with van der Waals surface area (Å²) < 4.78 is 7.67. The van der Waals surface area contributed by atoms with Crippen LogP contribution in [0.1, 0.15) is 66.0 Å². The fourth-order valence-electron chi connectivity index (χ4n) is 3.73. The first kappa shape index (κ1) is 19.5. The number of carbonyl (C=O) groups is 1. The summed E-state index contributed by atoms with van der Waals surface area (Å²) in [5.41, 5.74) is 3.77. The smallest absolute Gasteiger partial charge is 0.254 e. The van der Waals surface area contributed by atoms with Crippen molar-refractivity contribution in [2.45, 2.75) is 45.6 Å². The summed E-state index contributed by atoms with van der Waals surface area (Å²) in [7, 11) is 0. The molecule has 0 radical (unpaired) electrons. The first-order valence-electron chi connectivity index (χ1n) is 10.4. The van der Waals surface area contributed by atoms with E-state index in [1.165, 1.54) is 24.7 Å². The van der Waals surface area contributed by atoms with E-state index in [4.69, 9.17) is 4.74 Å². The number of aryl methyl sites for hydroxylation is 1. The molecule has 5 rings (SSSR count). The Morgan fingerprint density at radius 3 is 2.83 bits per heavy atom. The summed E-state index contributed by atoms with van der Waals surface area (Å²) in [4.78, 5) is 23.5. The van der Waals surface area contributed by atoms with Crippen molar-refractivity contribution in [3.8, 4) is 0 Å². The summed E-state index contributed by atoms with van der Waals surface area (Å²) in [6.07, 6.45) is 3.69. The van der Waals surface area contributed by atoms with Crippen molar-refractivity contribution in [3.05, 3.63) is 59.2 Å². The Morgan fingerprint density at radius 2 is 2.03 bits per heavy atom. The quantitative estimate of drug-likeness (QED) is 0.680. The molecular weight excluding hydrogens is 366 g/mol. The molecule has 1 aromatic carbocycles. The number of hydrogen-bond donors (Lipinski definition) is 0. The van der Waals surface area contributed by atoms with Gasteiger partial charge in [-0.2, -0.15) is 14.6 Å². The maximum atomic E-state index is 13.1. The van der Waals surface area contributed by atoms with Crippen LogP contribution in [0, 0.1) is 6.92 Å². The lowest BCUT2D eigenvalue weighted by Crippen LogP contribution is -2.42. The maximum Gasteiger partial charge on any atom is 0.254 e. The molecule has 1 atom stereocenters. The van der Waals surface area contributed by atoms with E-state index < -0.39 is 0 Å². The molecule has 2 fully saturated rings. The van der Waals surface area contributed by atoms with Crippen LogP contribution < -0.4 is 0 Å². The van der Waals surface area contributed by atoms with E-state index in [0.29, 0.717) is 31.4 Å². The average molecular weight is 393 g/mol. The molecule has 3 heterocycles. The van der Waals surface area contributed by atoms with E-state index in [9.17, 15) is 4.79 Å². The number of amides is 1. The van der Waals surface area contributed by atoms with Crippen LogP contribution in [0.2, 0.25) is 0 Å². The van der Waals surface area contributed by atoms with Gasteiger partial charge in [-0.05, 0) is 49.4 Å². The highest BCUT2D eigenvalue weighted by atomic mass is 16.5. The highest BCUT2D eigenvalue weighted by Crippen LogP contribution is 2.40. The molecule has 0 spiro atoms. The molecule has 2 aromatic heterocycles. The Labute approximate surface area is 170 Å². The van der Waals surface area contributed by atoms with E-state index in [2.05, 4.69) is 27.2 Å². The molecule has 29 heavy (non-hydrogen) atoms. The number of hydrogen-bond acceptors (Lipinski definition) is 5. The second kappa shape index (κ2) is 8.29. The molecule has 2 aliphatic rings. The highest BCUT2D eigenvalue weighted by molar-refractivity contribution is 5.94. The first-order valence-corrected chi connectivity index (χ1v) is 10.4. The van der Waals surface area contributed by atoms with Crippen molar-refractivity contribution in [2.24, 2.45) is 0 Å². The predicted octanol–water partition coefficient (Wildman–Crippen LogP) is 3.55. The van der Waals surface area contributed by atoms with Gasteiger partial charge in [0.05, 0.1) is 18.8 Å². The minimum atomic E-state index is -0.250. The van der Waals surface area contributed by atoms with Crippen LogP contribution in [-0.4, -0.2) is 50.1 Å². The zero-order chi connectivity index (χ0) is 20.4. The summed E-state index contributed by atoms with van der Waals surface area (Å²) in [6, 6.07) is 10.0. The Morgan fingerprint density at radius 1 is 1.21 bits per heavy atom. The van der Waals surface area contributed by atoms with Crippen LogP contribution >= 0.6 is 0 Å². The maximum absolute atomic E-state index is 13.1. The number of benzene rings is 1. The van der Waals surface area contributed by atoms with Gasteiger partial charge in [-0.25, -0.2) is 4.98 Å². The van der Waals surface area contributed by atoms with Crippen molar-refractivity contribution < 1.29 is 9.53 Å². The summed E-state index contributed by atoms with van der Waals surface area (Å²) in [5.74, 6) is 1.25. The summed E-state index contributed by atoms with van der Waals surface area (Å²) in [6.45, 7) is 7.50. The Balaban J connectivity index is 0.000000994. The molecule has 1 amide bonds. The Bertz CT molecular complexity index is 1010. The fourth-order valence-corrected chi connectivity index (χ4v) is 3.73. The van der Waals surface area contributed by atoms with Crippen molar-refractivity contribution in [3.63, 3.8) is 0 Å². The third kappa shape index (κ3) is 4.00. The third-order valence-corrected chi connectivity index (χ3v) is 5.27. The lowest BCUT2D eigenvalue weighted by Gasteiger charge is -2.33. The number of fused-ring (bicyclic) bond motifs is 1. The second-order valence-electron chi connectivity index (χ2n) is 7.30. The van der Waals surface area contributed by atoms with Crippen LogP contribution in [0.25, 0.3) is 5.78 Å². The molecule has 1 saturated carbocycles. The molecule has 7 nitrogen and oxygen atoms in total. The van der Waals surface area contributed by atoms with Crippen molar-refractivity contribution in [1.29, 1.82) is 0 Å². The molecule has 152 valence electrons. The predicted molar refractivity (Wildman–Crippen MR) is 110 cm³/mol. The summed E-state index contributed by atoms with van der Waals surface area (Å²) >= 11 is 0. The van der Waals surface area contributed by atoms with Crippen molar-refractivity contribution >= 4 is 11.7 Å². The second-order valence-corrected chi connectivity index (χ2v) is 7.30. The molecular formula is C22H27N5O2. The normalized spacial score (nSPS) is 19.0. The monoisotopic (exact) mass is 393 g/mol. The largest absolute Gasteiger partial charge is 0.368 e. The molecule has 1 aliphatic carbocycles. The molecule has 1 saturated heterocycles. The van der Waals surface area contributed by atoms with Gasteiger partial charge < -0.3 is 9.64 Å². The topological polar surface area (TPSA) is 72.6 Å². The first-order chi connectivity index (χ1) is 14.2. The zero-order valence-electron chi connectivity index (χ0n) is 17.2. The van der Waals surface area contributed by atoms with Gasteiger partial charge in [0, 0.05) is 17.8 Å². The minimum Gasteiger partial charge on any atom is -0.368 e. The number of ether oxygens (including phenoxy) is 1. The standard InChI is InChI=1S/C20H21N5O2.C2H6/c1-13-9-17(25-20(23-13)21-12-22-25)18-11-24(7-8-27-18)19(26)16-4-2-3-15(10-16)14-5-6-14;1-2/h2-4,9-10,12,14,18H,5-8,11H2,1H3;1-2H3. The van der Waals surface area contributed by atoms with Gasteiger partial charge in [-0.15, -0.1) is 0 Å². The van der Waals surface area contributed by atoms with Crippen LogP contribution in [0.3, 0.4) is 0 Å². The molecule has 1 unspecified atom stereocenters. The number of rotatable bonds is 3. The van der Waals surface area contributed by atoms with Crippen LogP contribution in [-0.2, 0) is 4.74 Å². The van der Waals surface area contributed by atoms with Gasteiger partial charge in [-0.1, -0.05) is 26.0 Å². The van der Waals surface area contributed by atoms with Gasteiger partial charge in [0.1, 0.15) is 12.4 Å². The zero-order valence-corrected chi connectivity index (χ0v) is 17.2. The molecule has 3 aromatic rings. The highest BCUT2D eigenvalue weighted by Gasteiger charge is 2.29. The van der Waals surface area contributed by atoms with Gasteiger partial charge in [0.2, 0.25) is 0 Å². The van der Waals surface area contributed by atoms with E-state index >= 15 is 0 Å². The van der Waals surface area contributed by atoms with E-state index in [0.717, 1.165) is 17.0 Å². The number of morpholine rings is 1. The van der Waals surface area contributed by atoms with Crippen LogP contribution in [0.15, 0.2) is 36.7 Å². The van der Waals surface area contributed by atoms with Crippen LogP contribution in [0.5, 0.6) is 0 Å². The summed E-state index contributed by atoms with van der Waals surface area (Å²) in [5, 5.41) is 4.26. The van der Waals surface area contributed by atoms with E-state index in [1.807, 2.05) is 43.9 Å². The molecule has 1 aliphatic heterocycles. The van der Waals surface area contributed by atoms with E-state index in [1.54, 1.807) is 4.52 Å². The number of nitrogens with zero attached hydrogens (tertiary/aromatic N) is 5. The Kier molecular flexibility index (Phi) is 5.58. The molecule has 0 N–H and O–H groups in total. The fraction of sp³-hybridized carbons (Fsp3) is 0.455. The third-order valence-electron chi connectivity index (χ3n) is 5.27. The van der Waals surface area contributed by atoms with Gasteiger partial charge in [0.25, 0.3) is 11.7 Å². The van der Waals surface area contributed by atoms with Crippen molar-refractivity contribution in [1.82, 2.24) is 24.5 Å². The van der Waals surface area contributed by atoms with Gasteiger partial charge >= 0.3 is 0 Å². The SMILES string of the molecule is CC.Cc1cc(C2CN(C(=O)c3cccc(C4CC4)c3)CCO2)n2ncnc2n1. The lowest BCUT2D eigenvalue weighted by atomic mass is 10.1. The molecule has 7 heteroatoms. The Hall–Kier alpha value is -2.80.